The zero-order valence-electron chi connectivity index (χ0n) is 30.9. The number of hydrogen-bond donors (Lipinski definition) is 4. The second kappa shape index (κ2) is 27.5. The molecular weight excluding hydrogens is 727 g/mol. The van der Waals surface area contributed by atoms with Crippen LogP contribution in [-0.2, 0) is 42.1 Å². The predicted molar refractivity (Wildman–Crippen MR) is 201 cm³/mol. The molecule has 286 valence electrons. The van der Waals surface area contributed by atoms with Crippen LogP contribution in [0.3, 0.4) is 0 Å². The molecule has 2 rings (SSSR count). The summed E-state index contributed by atoms with van der Waals surface area (Å²) in [6.45, 7) is 1.98. The molecule has 0 bridgehead atoms. The Bertz CT molecular complexity index is 2010. The highest BCUT2D eigenvalue weighted by atomic mass is 31.2. The van der Waals surface area contributed by atoms with Crippen molar-refractivity contribution in [2.45, 2.75) is 81.4 Å². The Morgan fingerprint density at radius 3 is 1.69 bits per heavy atom. The summed E-state index contributed by atoms with van der Waals surface area (Å²) in [5.41, 5.74) is 5.59. The van der Waals surface area contributed by atoms with Crippen molar-refractivity contribution >= 4 is 13.7 Å². The number of ether oxygens (including phenoxy) is 5. The quantitative estimate of drug-likeness (QED) is 0.0922. The van der Waals surface area contributed by atoms with E-state index in [0.717, 1.165) is 0 Å². The van der Waals surface area contributed by atoms with E-state index in [2.05, 4.69) is 124 Å². The average molecular weight is 769 g/mol. The van der Waals surface area contributed by atoms with E-state index in [1.54, 1.807) is 6.92 Å². The number of nitrogens with two attached hydrogens (primary N) is 1. The van der Waals surface area contributed by atoms with Gasteiger partial charge in [-0.25, -0.2) is 4.57 Å². The fourth-order valence-corrected chi connectivity index (χ4v) is 6.05. The molecule has 14 heteroatoms. The van der Waals surface area contributed by atoms with Crippen LogP contribution < -0.4 is 11.1 Å². The second-order valence-electron chi connectivity index (χ2n) is 11.1. The first-order valence-corrected chi connectivity index (χ1v) is 18.3. The largest absolute Gasteiger partial charge is 0.472 e. The van der Waals surface area contributed by atoms with E-state index < -0.39 is 69.2 Å². The molecule has 2 heterocycles. The molecule has 0 aliphatic carbocycles. The highest BCUT2D eigenvalue weighted by molar-refractivity contribution is 7.47. The average Bonchev–Trinajstić information content (AvgIpc) is 3.66. The van der Waals surface area contributed by atoms with Crippen molar-refractivity contribution in [1.82, 2.24) is 5.32 Å². The Morgan fingerprint density at radius 1 is 0.691 bits per heavy atom. The van der Waals surface area contributed by atoms with Gasteiger partial charge in [-0.05, 0) is 134 Å². The third kappa shape index (κ3) is 18.2. The van der Waals surface area contributed by atoms with Crippen molar-refractivity contribution in [3.05, 3.63) is 0 Å². The summed E-state index contributed by atoms with van der Waals surface area (Å²) in [5, 5.41) is 13.3. The predicted octanol–water partition coefficient (Wildman–Crippen LogP) is -0.250. The van der Waals surface area contributed by atoms with E-state index in [4.69, 9.17) is 38.5 Å². The minimum absolute atomic E-state index is 0.0398. The van der Waals surface area contributed by atoms with Crippen molar-refractivity contribution in [2.75, 3.05) is 47.6 Å². The van der Waals surface area contributed by atoms with E-state index in [9.17, 15) is 19.4 Å². The summed E-state index contributed by atoms with van der Waals surface area (Å²) >= 11 is 0. The standard InChI is InChI=1S/C41H41N2O11P/c1-5-6-7-8-9-10-11-12-13-14-15-16-17-18-19-20-21-22-23-28-37(44)43-30-25-27-34-40(50-4)41(36(53-34)31-48-2)54-55(46,47)51-32-35-38(45)39(49-3)33(52-35)26-24-29-42/h33-36,38-41,45H,24-27,29-32,42H2,1-4H3,(H,43,44)(H,46,47)/t33-,34-,35+,36+,38+,39-,40-,41+/m0/s1. The van der Waals surface area contributed by atoms with Crippen molar-refractivity contribution in [1.29, 1.82) is 0 Å². The van der Waals surface area contributed by atoms with E-state index >= 15 is 0 Å². The molecular formula is C41H41N2O11P. The summed E-state index contributed by atoms with van der Waals surface area (Å²) in [5.74, 6) is 49.2. The fourth-order valence-electron chi connectivity index (χ4n) is 5.09. The van der Waals surface area contributed by atoms with Crippen LogP contribution >= 0.6 is 7.82 Å². The molecule has 55 heavy (non-hydrogen) atoms. The molecule has 1 unspecified atom stereocenters. The molecule has 2 saturated heterocycles. The van der Waals surface area contributed by atoms with E-state index in [-0.39, 0.29) is 13.2 Å². The minimum atomic E-state index is -4.69. The first-order valence-electron chi connectivity index (χ1n) is 16.8. The molecule has 0 aromatic rings. The van der Waals surface area contributed by atoms with Crippen LogP contribution in [0.1, 0.15) is 32.6 Å². The summed E-state index contributed by atoms with van der Waals surface area (Å²) in [7, 11) is -0.374. The molecule has 1 amide bonds. The summed E-state index contributed by atoms with van der Waals surface area (Å²) in [6, 6.07) is 0. The monoisotopic (exact) mass is 768 g/mol. The molecule has 0 spiro atoms. The van der Waals surface area contributed by atoms with Crippen LogP contribution in [0, 0.1) is 118 Å². The maximum Gasteiger partial charge on any atom is 0.472 e. The lowest BCUT2D eigenvalue weighted by Crippen LogP contribution is -2.38. The van der Waals surface area contributed by atoms with Crippen LogP contribution in [-0.4, -0.2) is 112 Å². The molecule has 0 radical (unpaired) electrons. The normalized spacial score (nSPS) is 23.5. The van der Waals surface area contributed by atoms with Gasteiger partial charge in [0.15, 0.2) is 0 Å². The molecule has 0 aromatic carbocycles. The number of rotatable bonds is 16. The highest BCUT2D eigenvalue weighted by Crippen LogP contribution is 2.48. The maximum atomic E-state index is 13.0. The molecule has 0 saturated carbocycles. The van der Waals surface area contributed by atoms with Crippen LogP contribution in [0.2, 0.25) is 0 Å². The zero-order valence-corrected chi connectivity index (χ0v) is 31.8. The lowest BCUT2D eigenvalue weighted by molar-refractivity contribution is -0.115. The van der Waals surface area contributed by atoms with Gasteiger partial charge >= 0.3 is 7.82 Å². The smallest absolute Gasteiger partial charge is 0.387 e. The molecule has 13 nitrogen and oxygen atoms in total. The molecule has 9 atom stereocenters. The van der Waals surface area contributed by atoms with Gasteiger partial charge in [0.25, 0.3) is 5.91 Å². The van der Waals surface area contributed by atoms with Gasteiger partial charge in [-0.3, -0.25) is 13.8 Å². The lowest BCUT2D eigenvalue weighted by Gasteiger charge is -2.25. The van der Waals surface area contributed by atoms with Crippen molar-refractivity contribution < 1.29 is 52.1 Å². The van der Waals surface area contributed by atoms with E-state index in [1.807, 2.05) is 0 Å². The molecule has 0 aromatic heterocycles. The van der Waals surface area contributed by atoms with Gasteiger partial charge in [0.2, 0.25) is 0 Å². The lowest BCUT2D eigenvalue weighted by atomic mass is 10.0. The Kier molecular flexibility index (Phi) is 23.0. The minimum Gasteiger partial charge on any atom is -0.387 e. The van der Waals surface area contributed by atoms with Crippen molar-refractivity contribution in [3.8, 4) is 118 Å². The Hall–Kier alpha value is -5.10. The number of aliphatic hydroxyl groups excluding tert-OH is 1. The molecule has 5 N–H and O–H groups in total. The number of nitrogens with one attached hydrogen (secondary N) is 1. The number of phosphoric acid groups is 1. The first kappa shape index (κ1) is 46.1. The molecule has 2 aliphatic rings. The summed E-state index contributed by atoms with van der Waals surface area (Å²) < 4.78 is 51.9. The second-order valence-corrected chi connectivity index (χ2v) is 12.5. The number of hydrogen-bond acceptors (Lipinski definition) is 11. The number of carbonyl (C=O) groups is 1. The number of amides is 1. The third-order valence-electron chi connectivity index (χ3n) is 7.38. The van der Waals surface area contributed by atoms with Crippen LogP contribution in [0.15, 0.2) is 0 Å². The SMILES string of the molecule is CC#CC#CC#CC#CC#CC#CC#CC#CC#CC#CC(=O)NCCC[C@@H]1O[C@H](COC)[C@@H](OP(=O)(O)OC[C@H]2O[C@@H](CCCN)[C@H](OC)[C@@H]2O)[C@H]1OC. The third-order valence-corrected chi connectivity index (χ3v) is 8.36. The Balaban J connectivity index is 1.81. The van der Waals surface area contributed by atoms with Gasteiger partial charge in [-0.1, -0.05) is 5.92 Å². The van der Waals surface area contributed by atoms with Crippen LogP contribution in [0.5, 0.6) is 0 Å². The van der Waals surface area contributed by atoms with Gasteiger partial charge in [0.05, 0.1) is 25.4 Å². The summed E-state index contributed by atoms with van der Waals surface area (Å²) in [6.07, 6.45) is -4.17. The van der Waals surface area contributed by atoms with Crippen molar-refractivity contribution in [3.63, 3.8) is 0 Å². The fraction of sp³-hybridized carbons (Fsp3) is 0.488. The number of methoxy groups -OCH3 is 3. The number of carbonyl (C=O) groups excluding carboxylic acids is 1. The summed E-state index contributed by atoms with van der Waals surface area (Å²) in [4.78, 5) is 22.7. The Labute approximate surface area is 323 Å². The van der Waals surface area contributed by atoms with E-state index in [0.29, 0.717) is 32.2 Å². The van der Waals surface area contributed by atoms with Gasteiger partial charge in [-0.2, -0.15) is 0 Å². The van der Waals surface area contributed by atoms with Gasteiger partial charge in [0, 0.05) is 45.6 Å². The number of phosphoric ester groups is 1. The van der Waals surface area contributed by atoms with E-state index in [1.165, 1.54) is 21.3 Å². The van der Waals surface area contributed by atoms with Gasteiger partial charge in [-0.15, -0.1) is 0 Å². The van der Waals surface area contributed by atoms with Crippen molar-refractivity contribution in [2.24, 2.45) is 5.73 Å². The zero-order chi connectivity index (χ0) is 40.2. The molecule has 2 aliphatic heterocycles. The molecule has 2 fully saturated rings. The van der Waals surface area contributed by atoms with Crippen LogP contribution in [0.25, 0.3) is 0 Å². The Morgan fingerprint density at radius 2 is 1.18 bits per heavy atom. The van der Waals surface area contributed by atoms with Crippen LogP contribution in [0.4, 0.5) is 0 Å². The topological polar surface area (TPSA) is 177 Å². The van der Waals surface area contributed by atoms with Gasteiger partial charge in [0.1, 0.15) is 36.6 Å². The maximum absolute atomic E-state index is 13.0. The highest BCUT2D eigenvalue weighted by Gasteiger charge is 2.50. The first-order chi connectivity index (χ1) is 26.7. The van der Waals surface area contributed by atoms with Gasteiger partial charge < -0.3 is 44.7 Å². The number of aliphatic hydroxyl groups is 1.